The predicted molar refractivity (Wildman–Crippen MR) is 100.0 cm³/mol. The van der Waals surface area contributed by atoms with Gasteiger partial charge in [-0.15, -0.1) is 5.10 Å². The molecule has 1 fully saturated rings. The molecule has 2 aromatic heterocycles. The van der Waals surface area contributed by atoms with E-state index < -0.39 is 11.6 Å². The summed E-state index contributed by atoms with van der Waals surface area (Å²) in [6.07, 6.45) is 4.05. The molecular weight excluding hydrogens is 366 g/mol. The molecule has 6 nitrogen and oxygen atoms in total. The first-order valence-corrected chi connectivity index (χ1v) is 9.18. The lowest BCUT2D eigenvalue weighted by atomic mass is 9.90. The van der Waals surface area contributed by atoms with Crippen LogP contribution in [-0.4, -0.2) is 27.9 Å². The highest BCUT2D eigenvalue weighted by Crippen LogP contribution is 2.27. The summed E-state index contributed by atoms with van der Waals surface area (Å²) in [5.41, 5.74) is 1.26. The molecule has 0 N–H and O–H groups in total. The topological polar surface area (TPSA) is 64.2 Å². The van der Waals surface area contributed by atoms with Crippen molar-refractivity contribution in [3.8, 4) is 11.5 Å². The Morgan fingerprint density at radius 1 is 1.11 bits per heavy atom. The van der Waals surface area contributed by atoms with Crippen molar-refractivity contribution in [2.24, 2.45) is 13.0 Å². The first kappa shape index (κ1) is 18.3. The summed E-state index contributed by atoms with van der Waals surface area (Å²) in [5, 5.41) is 8.20. The van der Waals surface area contributed by atoms with E-state index in [4.69, 9.17) is 4.42 Å². The standard InChI is InChI=1S/C20H20F2N4O2/c1-25-12-15(2-3-18(25)27)19-23-24-20(28-19)26-6-4-13(5-7-26)8-14-9-16(21)11-17(22)10-14/h2-3,9-13H,4-8H2,1H3. The quantitative estimate of drug-likeness (QED) is 0.689. The van der Waals surface area contributed by atoms with Gasteiger partial charge >= 0.3 is 6.01 Å². The zero-order chi connectivity index (χ0) is 19.7. The number of benzene rings is 1. The molecule has 0 saturated carbocycles. The fourth-order valence-corrected chi connectivity index (χ4v) is 3.57. The molecule has 0 amide bonds. The minimum absolute atomic E-state index is 0.108. The summed E-state index contributed by atoms with van der Waals surface area (Å²) in [6, 6.07) is 7.24. The van der Waals surface area contributed by atoms with Crippen LogP contribution in [0.3, 0.4) is 0 Å². The van der Waals surface area contributed by atoms with E-state index in [0.29, 0.717) is 35.4 Å². The number of pyridine rings is 1. The Kier molecular flexibility index (Phi) is 4.93. The van der Waals surface area contributed by atoms with Gasteiger partial charge in [0.05, 0.1) is 5.56 Å². The molecule has 0 bridgehead atoms. The number of aromatic nitrogens is 3. The maximum atomic E-state index is 13.4. The fourth-order valence-electron chi connectivity index (χ4n) is 3.57. The van der Waals surface area contributed by atoms with Gasteiger partial charge < -0.3 is 13.9 Å². The van der Waals surface area contributed by atoms with Crippen LogP contribution in [0.4, 0.5) is 14.8 Å². The largest absolute Gasteiger partial charge is 0.403 e. The lowest BCUT2D eigenvalue weighted by Gasteiger charge is -2.30. The second-order valence-corrected chi connectivity index (χ2v) is 7.17. The Morgan fingerprint density at radius 3 is 2.50 bits per heavy atom. The molecule has 4 rings (SSSR count). The molecular formula is C20H20F2N4O2. The predicted octanol–water partition coefficient (Wildman–Crippen LogP) is 3.17. The van der Waals surface area contributed by atoms with Gasteiger partial charge in [0.2, 0.25) is 5.56 Å². The van der Waals surface area contributed by atoms with Gasteiger partial charge in [-0.3, -0.25) is 4.79 Å². The van der Waals surface area contributed by atoms with Gasteiger partial charge in [0, 0.05) is 38.5 Å². The van der Waals surface area contributed by atoms with E-state index in [1.54, 1.807) is 19.3 Å². The number of hydrogen-bond acceptors (Lipinski definition) is 5. The van der Waals surface area contributed by atoms with Crippen molar-refractivity contribution in [1.82, 2.24) is 14.8 Å². The minimum Gasteiger partial charge on any atom is -0.403 e. The third-order valence-electron chi connectivity index (χ3n) is 5.08. The Morgan fingerprint density at radius 2 is 1.82 bits per heavy atom. The number of piperidine rings is 1. The molecule has 3 heterocycles. The van der Waals surface area contributed by atoms with Crippen LogP contribution in [0.15, 0.2) is 45.7 Å². The number of hydrogen-bond donors (Lipinski definition) is 0. The second kappa shape index (κ2) is 7.53. The molecule has 0 atom stereocenters. The van der Waals surface area contributed by atoms with Gasteiger partial charge in [-0.1, -0.05) is 5.10 Å². The average molecular weight is 386 g/mol. The van der Waals surface area contributed by atoms with E-state index in [9.17, 15) is 13.6 Å². The number of aryl methyl sites for hydroxylation is 1. The van der Waals surface area contributed by atoms with Crippen LogP contribution in [0.1, 0.15) is 18.4 Å². The molecule has 0 radical (unpaired) electrons. The molecule has 3 aromatic rings. The smallest absolute Gasteiger partial charge is 0.318 e. The van der Waals surface area contributed by atoms with E-state index in [-0.39, 0.29) is 5.56 Å². The summed E-state index contributed by atoms with van der Waals surface area (Å²) >= 11 is 0. The molecule has 28 heavy (non-hydrogen) atoms. The lowest BCUT2D eigenvalue weighted by molar-refractivity contribution is 0.386. The van der Waals surface area contributed by atoms with Gasteiger partial charge in [0.25, 0.3) is 5.89 Å². The van der Waals surface area contributed by atoms with Crippen LogP contribution >= 0.6 is 0 Å². The Hall–Kier alpha value is -3.03. The van der Waals surface area contributed by atoms with Gasteiger partial charge in [-0.05, 0) is 48.9 Å². The van der Waals surface area contributed by atoms with Crippen LogP contribution in [0, 0.1) is 17.6 Å². The number of halogens is 2. The molecule has 0 spiro atoms. The minimum atomic E-state index is -0.538. The Balaban J connectivity index is 1.39. The van der Waals surface area contributed by atoms with Gasteiger partial charge in [0.1, 0.15) is 11.6 Å². The zero-order valence-corrected chi connectivity index (χ0v) is 15.4. The highest BCUT2D eigenvalue weighted by Gasteiger charge is 2.24. The van der Waals surface area contributed by atoms with Crippen molar-refractivity contribution < 1.29 is 13.2 Å². The van der Waals surface area contributed by atoms with E-state index in [0.717, 1.165) is 32.0 Å². The van der Waals surface area contributed by atoms with Crippen LogP contribution in [0.25, 0.3) is 11.5 Å². The Bertz CT molecular complexity index is 1020. The zero-order valence-electron chi connectivity index (χ0n) is 15.4. The molecule has 146 valence electrons. The van der Waals surface area contributed by atoms with E-state index in [1.807, 2.05) is 4.90 Å². The first-order valence-electron chi connectivity index (χ1n) is 9.18. The van der Waals surface area contributed by atoms with E-state index in [1.165, 1.54) is 22.8 Å². The van der Waals surface area contributed by atoms with Gasteiger partial charge in [0.15, 0.2) is 0 Å². The number of anilines is 1. The molecule has 8 heteroatoms. The maximum absolute atomic E-state index is 13.4. The van der Waals surface area contributed by atoms with Crippen molar-refractivity contribution >= 4 is 6.01 Å². The summed E-state index contributed by atoms with van der Waals surface area (Å²) < 4.78 is 34.0. The third kappa shape index (κ3) is 3.95. The molecule has 1 saturated heterocycles. The molecule has 1 aliphatic rings. The summed E-state index contributed by atoms with van der Waals surface area (Å²) in [4.78, 5) is 13.5. The lowest BCUT2D eigenvalue weighted by Crippen LogP contribution is -2.34. The van der Waals surface area contributed by atoms with Crippen LogP contribution in [-0.2, 0) is 13.5 Å². The molecule has 0 aliphatic carbocycles. The normalized spacial score (nSPS) is 15.2. The Labute approximate surface area is 160 Å². The maximum Gasteiger partial charge on any atom is 0.318 e. The van der Waals surface area contributed by atoms with Crippen molar-refractivity contribution in [3.63, 3.8) is 0 Å². The SMILES string of the molecule is Cn1cc(-c2nnc(N3CCC(Cc4cc(F)cc(F)c4)CC3)o2)ccc1=O. The van der Waals surface area contributed by atoms with Crippen LogP contribution < -0.4 is 10.5 Å². The van der Waals surface area contributed by atoms with Crippen molar-refractivity contribution in [2.45, 2.75) is 19.3 Å². The van der Waals surface area contributed by atoms with Crippen molar-refractivity contribution in [1.29, 1.82) is 0 Å². The molecule has 0 unspecified atom stereocenters. The third-order valence-corrected chi connectivity index (χ3v) is 5.08. The molecule has 1 aliphatic heterocycles. The highest BCUT2D eigenvalue weighted by atomic mass is 19.1. The summed E-state index contributed by atoms with van der Waals surface area (Å²) in [7, 11) is 1.67. The van der Waals surface area contributed by atoms with Crippen molar-refractivity contribution in [2.75, 3.05) is 18.0 Å². The van der Waals surface area contributed by atoms with E-state index in [2.05, 4.69) is 10.2 Å². The monoisotopic (exact) mass is 386 g/mol. The fraction of sp³-hybridized carbons (Fsp3) is 0.350. The van der Waals surface area contributed by atoms with Crippen LogP contribution in [0.5, 0.6) is 0 Å². The van der Waals surface area contributed by atoms with Gasteiger partial charge in [-0.25, -0.2) is 8.78 Å². The van der Waals surface area contributed by atoms with Crippen LogP contribution in [0.2, 0.25) is 0 Å². The first-order chi connectivity index (χ1) is 13.5. The molecule has 1 aromatic carbocycles. The summed E-state index contributed by atoms with van der Waals surface area (Å²) in [6.45, 7) is 1.47. The second-order valence-electron chi connectivity index (χ2n) is 7.17. The van der Waals surface area contributed by atoms with Gasteiger partial charge in [-0.2, -0.15) is 0 Å². The average Bonchev–Trinajstić information content (AvgIpc) is 3.14. The highest BCUT2D eigenvalue weighted by molar-refractivity contribution is 5.51. The number of nitrogens with zero attached hydrogens (tertiary/aromatic N) is 4. The van der Waals surface area contributed by atoms with Crippen molar-refractivity contribution in [3.05, 3.63) is 64.1 Å². The number of rotatable bonds is 4. The summed E-state index contributed by atoms with van der Waals surface area (Å²) in [5.74, 6) is -0.361. The van der Waals surface area contributed by atoms with E-state index >= 15 is 0 Å².